The third-order valence-electron chi connectivity index (χ3n) is 10.1. The van der Waals surface area contributed by atoms with Gasteiger partial charge in [-0.15, -0.1) is 0 Å². The Morgan fingerprint density at radius 3 is 1.95 bits per heavy atom. The van der Waals surface area contributed by atoms with E-state index in [-0.39, 0.29) is 50.1 Å². The Balaban J connectivity index is 0.00000326. The molecule has 0 spiro atoms. The van der Waals surface area contributed by atoms with Crippen LogP contribution in [0.15, 0.2) is 109 Å². The van der Waals surface area contributed by atoms with Crippen molar-refractivity contribution in [2.45, 2.75) is 71.1 Å². The Kier molecular flexibility index (Phi) is 16.2. The number of hydrogen-bond donors (Lipinski definition) is 0. The summed E-state index contributed by atoms with van der Waals surface area (Å²) in [5.74, 6) is -9.36. The van der Waals surface area contributed by atoms with Crippen LogP contribution in [0, 0.1) is 23.3 Å². The van der Waals surface area contributed by atoms with Crippen molar-refractivity contribution >= 4 is 23.5 Å². The van der Waals surface area contributed by atoms with Gasteiger partial charge in [0.25, 0.3) is 5.91 Å². The van der Waals surface area contributed by atoms with Gasteiger partial charge in [0.1, 0.15) is 42.5 Å². The molecule has 5 aromatic carbocycles. The van der Waals surface area contributed by atoms with Crippen LogP contribution in [0.2, 0.25) is 0 Å². The van der Waals surface area contributed by atoms with Crippen molar-refractivity contribution in [2.24, 2.45) is 0 Å². The lowest BCUT2D eigenvalue weighted by molar-refractivity contribution is -0.119. The zero-order chi connectivity index (χ0) is 42.3. The van der Waals surface area contributed by atoms with Gasteiger partial charge >= 0.3 is 5.97 Å². The average Bonchev–Trinajstić information content (AvgIpc) is 3.27. The number of alkyl halides is 1. The molecule has 2 amide bonds. The van der Waals surface area contributed by atoms with Crippen LogP contribution in [0.4, 0.5) is 27.6 Å². The van der Waals surface area contributed by atoms with E-state index in [4.69, 9.17) is 9.47 Å². The van der Waals surface area contributed by atoms with Crippen molar-refractivity contribution in [3.05, 3.63) is 166 Å². The molecule has 5 aromatic rings. The maximum Gasteiger partial charge on any atom is 0.342 e. The van der Waals surface area contributed by atoms with E-state index in [0.717, 1.165) is 34.4 Å². The summed E-state index contributed by atoms with van der Waals surface area (Å²) in [6, 6.07) is 31.2. The predicted octanol–water partition coefficient (Wildman–Crippen LogP) is 10.9. The number of carbonyl (C=O) groups is 3. The van der Waals surface area contributed by atoms with E-state index >= 15 is 0 Å². The molecule has 0 unspecified atom stereocenters. The molecule has 6 rings (SSSR count). The highest BCUT2D eigenvalue weighted by Crippen LogP contribution is 2.34. The molecule has 1 aliphatic carbocycles. The summed E-state index contributed by atoms with van der Waals surface area (Å²) >= 11 is 0. The first kappa shape index (κ1) is 44.1. The zero-order valence-corrected chi connectivity index (χ0v) is 33.1. The molecule has 1 aliphatic rings. The highest BCUT2D eigenvalue weighted by Gasteiger charge is 2.31. The van der Waals surface area contributed by atoms with E-state index in [1.165, 1.54) is 41.9 Å². The number of ether oxygens (including phenoxy) is 2. The smallest absolute Gasteiger partial charge is 0.342 e. The van der Waals surface area contributed by atoms with Crippen molar-refractivity contribution in [1.82, 2.24) is 4.90 Å². The fourth-order valence-electron chi connectivity index (χ4n) is 7.03. The summed E-state index contributed by atoms with van der Waals surface area (Å²) in [5.41, 5.74) is 2.69. The summed E-state index contributed by atoms with van der Waals surface area (Å²) in [4.78, 5) is 43.8. The van der Waals surface area contributed by atoms with Gasteiger partial charge in [0.2, 0.25) is 5.91 Å². The first-order valence-corrected chi connectivity index (χ1v) is 19.5. The molecule has 0 N–H and O–H groups in total. The Morgan fingerprint density at radius 2 is 1.32 bits per heavy atom. The Hall–Kier alpha value is -6.04. The molecule has 0 aliphatic heterocycles. The van der Waals surface area contributed by atoms with Crippen LogP contribution in [-0.2, 0) is 29.3 Å². The number of nitrogens with zero attached hydrogens (tertiary/aromatic N) is 2. The molecule has 0 heterocycles. The molecule has 310 valence electrons. The minimum absolute atomic E-state index is 0.0153. The van der Waals surface area contributed by atoms with Crippen molar-refractivity contribution in [2.75, 3.05) is 25.2 Å². The zero-order valence-electron chi connectivity index (χ0n) is 33.1. The van der Waals surface area contributed by atoms with Crippen molar-refractivity contribution < 1.29 is 45.8 Å². The minimum atomic E-state index is -1.99. The van der Waals surface area contributed by atoms with Gasteiger partial charge in [0, 0.05) is 24.4 Å². The summed E-state index contributed by atoms with van der Waals surface area (Å²) in [7, 11) is 0.500. The first-order valence-electron chi connectivity index (χ1n) is 19.5. The number of esters is 1. The van der Waals surface area contributed by atoms with E-state index in [1.807, 2.05) is 72.8 Å². The molecule has 1 saturated carbocycles. The first-order chi connectivity index (χ1) is 28.6. The second-order valence-electron chi connectivity index (χ2n) is 14.1. The lowest BCUT2D eigenvalue weighted by Gasteiger charge is -2.29. The lowest BCUT2D eigenvalue weighted by Crippen LogP contribution is -2.43. The summed E-state index contributed by atoms with van der Waals surface area (Å²) in [6.45, 7) is 1.03. The topological polar surface area (TPSA) is 76.2 Å². The molecule has 0 bridgehead atoms. The number of carbonyl (C=O) groups excluding carboxylic acids is 3. The van der Waals surface area contributed by atoms with E-state index < -0.39 is 53.2 Å². The Morgan fingerprint density at radius 1 is 0.695 bits per heavy atom. The van der Waals surface area contributed by atoms with Crippen molar-refractivity contribution in [3.8, 4) is 5.75 Å². The Labute approximate surface area is 341 Å². The van der Waals surface area contributed by atoms with Gasteiger partial charge in [-0.05, 0) is 59.6 Å². The number of anilines is 1. The fourth-order valence-corrected chi connectivity index (χ4v) is 7.03. The van der Waals surface area contributed by atoms with E-state index in [2.05, 4.69) is 12.1 Å². The molecule has 1 fully saturated rings. The second-order valence-corrected chi connectivity index (χ2v) is 14.1. The van der Waals surface area contributed by atoms with Crippen LogP contribution >= 0.6 is 0 Å². The molecule has 0 saturated heterocycles. The number of hydrogen-bond acceptors (Lipinski definition) is 5. The maximum atomic E-state index is 14.8. The van der Waals surface area contributed by atoms with Crippen LogP contribution < -0.4 is 9.64 Å². The second kappa shape index (κ2) is 21.6. The highest BCUT2D eigenvalue weighted by molar-refractivity contribution is 6.01. The largest absolute Gasteiger partial charge is 0.488 e. The molecule has 12 heteroatoms. The lowest BCUT2D eigenvalue weighted by atomic mass is 9.84. The van der Waals surface area contributed by atoms with Gasteiger partial charge in [0.15, 0.2) is 17.5 Å². The molecule has 59 heavy (non-hydrogen) atoms. The van der Waals surface area contributed by atoms with Gasteiger partial charge < -0.3 is 19.3 Å². The third kappa shape index (κ3) is 11.6. The van der Waals surface area contributed by atoms with Crippen molar-refractivity contribution in [1.29, 1.82) is 0 Å². The van der Waals surface area contributed by atoms with Gasteiger partial charge in [-0.2, -0.15) is 0 Å². The average molecular weight is 815 g/mol. The molecule has 0 radical (unpaired) electrons. The van der Waals surface area contributed by atoms with Gasteiger partial charge in [-0.1, -0.05) is 111 Å². The van der Waals surface area contributed by atoms with E-state index in [0.29, 0.717) is 18.8 Å². The fraction of sp³-hybridized carbons (Fsp3) is 0.298. The molecular formula is C47H47F5N2O5. The molecule has 0 aromatic heterocycles. The summed E-state index contributed by atoms with van der Waals surface area (Å²) < 4.78 is 79.0. The SMILES string of the molecule is CCCN(CC(=O)N(Cc1ccc(C2CCCCC2)cc1)c1ccc(C(=O)OCc2ccccc2)c(OCc2ccccc2)c1)C(=O)c1c(F)cc(F)c(F)c1F.CF. The molecule has 7 nitrogen and oxygen atoms in total. The number of rotatable bonds is 15. The van der Waals surface area contributed by atoms with Crippen LogP contribution in [-0.4, -0.2) is 43.0 Å². The molecule has 0 atom stereocenters. The van der Waals surface area contributed by atoms with Crippen LogP contribution in [0.5, 0.6) is 5.75 Å². The quantitative estimate of drug-likeness (QED) is 0.0455. The monoisotopic (exact) mass is 814 g/mol. The Bertz CT molecular complexity index is 2160. The van der Waals surface area contributed by atoms with Gasteiger partial charge in [0.05, 0.1) is 13.7 Å². The number of amides is 2. The van der Waals surface area contributed by atoms with E-state index in [1.54, 1.807) is 13.0 Å². The minimum Gasteiger partial charge on any atom is -0.488 e. The van der Waals surface area contributed by atoms with Gasteiger partial charge in [-0.3, -0.25) is 14.0 Å². The highest BCUT2D eigenvalue weighted by atomic mass is 19.2. The van der Waals surface area contributed by atoms with Crippen LogP contribution in [0.3, 0.4) is 0 Å². The van der Waals surface area contributed by atoms with Crippen LogP contribution in [0.1, 0.15) is 94.3 Å². The van der Waals surface area contributed by atoms with Crippen molar-refractivity contribution in [3.63, 3.8) is 0 Å². The maximum absolute atomic E-state index is 14.8. The summed E-state index contributed by atoms with van der Waals surface area (Å²) in [6.07, 6.45) is 6.06. The van der Waals surface area contributed by atoms with E-state index in [9.17, 15) is 36.3 Å². The third-order valence-corrected chi connectivity index (χ3v) is 10.1. The molecular weight excluding hydrogens is 768 g/mol. The summed E-state index contributed by atoms with van der Waals surface area (Å²) in [5, 5.41) is 0. The number of halogens is 5. The normalized spacial score (nSPS) is 12.5. The standard InChI is InChI=1S/C46H44F4N2O5.CH3F/c1-2-24-51(45(54)42-38(47)26-39(48)43(49)44(42)50)28-41(53)52(27-31-18-20-35(21-19-31)34-16-10-5-11-17-34)36-22-23-37(46(55)57-30-33-14-8-4-9-15-33)40(25-36)56-29-32-12-6-3-7-13-32;1-2/h3-4,6-9,12-15,18-23,25-26,34H,2,5,10-11,16-17,24,27-30H2,1H3;1H3. The number of benzene rings is 5. The van der Waals surface area contributed by atoms with Crippen LogP contribution in [0.25, 0.3) is 0 Å². The predicted molar refractivity (Wildman–Crippen MR) is 216 cm³/mol. The van der Waals surface area contributed by atoms with Gasteiger partial charge in [-0.25, -0.2) is 22.4 Å².